The molecule has 0 bridgehead atoms. The Morgan fingerprint density at radius 1 is 1.32 bits per heavy atom. The van der Waals surface area contributed by atoms with Crippen LogP contribution in [0.4, 0.5) is 17.6 Å². The van der Waals surface area contributed by atoms with E-state index >= 15 is 0 Å². The van der Waals surface area contributed by atoms with E-state index in [1.807, 2.05) is 5.32 Å². The lowest BCUT2D eigenvalue weighted by Gasteiger charge is -2.16. The van der Waals surface area contributed by atoms with Crippen LogP contribution in [0.1, 0.15) is 12.8 Å². The zero-order chi connectivity index (χ0) is 14.7. The Bertz CT molecular complexity index is 336. The summed E-state index contributed by atoms with van der Waals surface area (Å²) >= 11 is 0. The van der Waals surface area contributed by atoms with Crippen molar-refractivity contribution in [3.8, 4) is 0 Å². The molecule has 1 atom stereocenters. The normalized spacial score (nSPS) is 22.9. The van der Waals surface area contributed by atoms with Gasteiger partial charge >= 0.3 is 17.8 Å². The van der Waals surface area contributed by atoms with E-state index in [0.717, 1.165) is 4.90 Å². The minimum Gasteiger partial charge on any atom is -0.480 e. The number of carboxylic acid groups (broad SMARTS) is 1. The number of nitrogens with zero attached hydrogens (tertiary/aromatic N) is 1. The second-order valence-corrected chi connectivity index (χ2v) is 4.44. The van der Waals surface area contributed by atoms with Gasteiger partial charge in [-0.05, 0) is 19.4 Å². The predicted molar refractivity (Wildman–Crippen MR) is 56.2 cm³/mol. The molecule has 1 unspecified atom stereocenters. The third kappa shape index (κ3) is 3.79. The number of amides is 1. The lowest BCUT2D eigenvalue weighted by atomic mass is 10.1. The van der Waals surface area contributed by atoms with Crippen LogP contribution in [0.25, 0.3) is 0 Å². The van der Waals surface area contributed by atoms with Crippen molar-refractivity contribution < 1.29 is 32.3 Å². The number of rotatable bonds is 7. The second-order valence-electron chi connectivity index (χ2n) is 4.44. The maximum Gasteiger partial charge on any atom is 0.326 e. The molecule has 5 nitrogen and oxygen atoms in total. The molecule has 0 aliphatic carbocycles. The van der Waals surface area contributed by atoms with Crippen molar-refractivity contribution in [1.82, 2.24) is 10.2 Å². The molecular weight excluding hydrogens is 272 g/mol. The third-order valence-corrected chi connectivity index (χ3v) is 2.91. The van der Waals surface area contributed by atoms with Gasteiger partial charge in [0.05, 0.1) is 13.1 Å². The highest BCUT2D eigenvalue weighted by Crippen LogP contribution is 2.40. The van der Waals surface area contributed by atoms with E-state index in [-0.39, 0.29) is 25.8 Å². The van der Waals surface area contributed by atoms with Crippen molar-refractivity contribution in [1.29, 1.82) is 0 Å². The van der Waals surface area contributed by atoms with E-state index in [0.29, 0.717) is 0 Å². The van der Waals surface area contributed by atoms with E-state index in [9.17, 15) is 27.2 Å². The van der Waals surface area contributed by atoms with E-state index in [4.69, 9.17) is 5.11 Å². The van der Waals surface area contributed by atoms with Gasteiger partial charge in [-0.3, -0.25) is 9.69 Å². The molecule has 0 aromatic rings. The smallest absolute Gasteiger partial charge is 0.326 e. The number of carbonyl (C=O) groups excluding carboxylic acids is 1. The fraction of sp³-hybridized carbons (Fsp3) is 0.800. The van der Waals surface area contributed by atoms with E-state index in [2.05, 4.69) is 0 Å². The number of nitrogens with one attached hydrogen (secondary N) is 1. The van der Waals surface area contributed by atoms with Crippen molar-refractivity contribution in [2.75, 3.05) is 19.6 Å². The quantitative estimate of drug-likeness (QED) is 0.530. The minimum absolute atomic E-state index is 0.0122. The Morgan fingerprint density at radius 3 is 2.26 bits per heavy atom. The summed E-state index contributed by atoms with van der Waals surface area (Å²) in [5.41, 5.74) is 0. The Kier molecular flexibility index (Phi) is 4.72. The van der Waals surface area contributed by atoms with Crippen molar-refractivity contribution in [2.45, 2.75) is 30.7 Å². The van der Waals surface area contributed by atoms with E-state index in [1.54, 1.807) is 0 Å². The maximum absolute atomic E-state index is 12.9. The van der Waals surface area contributed by atoms with Crippen molar-refractivity contribution in [3.05, 3.63) is 0 Å². The first kappa shape index (κ1) is 15.7. The lowest BCUT2D eigenvalue weighted by molar-refractivity contribution is -0.172. The Hall–Kier alpha value is -1.38. The number of alkyl halides is 4. The van der Waals surface area contributed by atoms with Crippen molar-refractivity contribution in [2.24, 2.45) is 0 Å². The SMILES string of the molecule is O=CNC(CCCN1CC(F)(F)C(F)(F)C1)C(=O)O. The van der Waals surface area contributed by atoms with Crippen LogP contribution >= 0.6 is 0 Å². The van der Waals surface area contributed by atoms with Gasteiger partial charge in [0, 0.05) is 0 Å². The van der Waals surface area contributed by atoms with Crippen LogP contribution in [-0.4, -0.2) is 59.9 Å². The third-order valence-electron chi connectivity index (χ3n) is 2.91. The van der Waals surface area contributed by atoms with E-state index < -0.39 is 36.9 Å². The van der Waals surface area contributed by atoms with Crippen molar-refractivity contribution in [3.63, 3.8) is 0 Å². The summed E-state index contributed by atoms with van der Waals surface area (Å²) in [4.78, 5) is 21.7. The first-order valence-electron chi connectivity index (χ1n) is 5.60. The van der Waals surface area contributed by atoms with Crippen LogP contribution in [0.15, 0.2) is 0 Å². The predicted octanol–water partition coefficient (Wildman–Crippen LogP) is 0.552. The van der Waals surface area contributed by atoms with Crippen LogP contribution in [0.5, 0.6) is 0 Å². The monoisotopic (exact) mass is 286 g/mol. The molecule has 9 heteroatoms. The number of carbonyl (C=O) groups is 2. The summed E-state index contributed by atoms with van der Waals surface area (Å²) < 4.78 is 51.5. The summed E-state index contributed by atoms with van der Waals surface area (Å²) in [6, 6.07) is -1.14. The molecule has 110 valence electrons. The molecule has 1 saturated heterocycles. The molecule has 1 fully saturated rings. The molecule has 2 N–H and O–H groups in total. The minimum atomic E-state index is -4.06. The summed E-state index contributed by atoms with van der Waals surface area (Å²) in [6.07, 6.45) is 0.322. The molecule has 1 amide bonds. The van der Waals surface area contributed by atoms with Gasteiger partial charge in [-0.2, -0.15) is 17.6 Å². The standard InChI is InChI=1S/C10H14F4N2O3/c11-9(12)4-16(5-10(9,13)14)3-1-2-7(8(18)19)15-6-17/h6-7H,1-5H2,(H,15,17)(H,18,19). The van der Waals surface area contributed by atoms with Gasteiger partial charge in [0.1, 0.15) is 6.04 Å². The molecule has 1 heterocycles. The summed E-state index contributed by atoms with van der Waals surface area (Å²) in [5.74, 6) is -9.37. The van der Waals surface area contributed by atoms with Gasteiger partial charge in [0.15, 0.2) is 0 Å². The number of carboxylic acids is 1. The Labute approximate surface area is 106 Å². The Balaban J connectivity index is 2.39. The summed E-state index contributed by atoms with van der Waals surface area (Å²) in [7, 11) is 0. The first-order valence-corrected chi connectivity index (χ1v) is 5.60. The fourth-order valence-corrected chi connectivity index (χ4v) is 1.89. The molecule has 1 rings (SSSR count). The van der Waals surface area contributed by atoms with Gasteiger partial charge in [-0.25, -0.2) is 4.79 Å². The number of halogens is 4. The Morgan fingerprint density at radius 2 is 1.84 bits per heavy atom. The van der Waals surface area contributed by atoms with Crippen LogP contribution in [0.2, 0.25) is 0 Å². The highest BCUT2D eigenvalue weighted by Gasteiger charge is 2.62. The largest absolute Gasteiger partial charge is 0.480 e. The molecule has 1 aliphatic rings. The average Bonchev–Trinajstić information content (AvgIpc) is 2.46. The van der Waals surface area contributed by atoms with Gasteiger partial charge in [-0.15, -0.1) is 0 Å². The number of likely N-dealkylation sites (tertiary alicyclic amines) is 1. The lowest BCUT2D eigenvalue weighted by Crippen LogP contribution is -2.38. The number of hydrogen-bond acceptors (Lipinski definition) is 3. The summed E-state index contributed by atoms with van der Waals surface area (Å²) in [6.45, 7) is -2.16. The van der Waals surface area contributed by atoms with Crippen LogP contribution in [0.3, 0.4) is 0 Å². The molecule has 0 saturated carbocycles. The van der Waals surface area contributed by atoms with Gasteiger partial charge in [-0.1, -0.05) is 0 Å². The number of hydrogen-bond donors (Lipinski definition) is 2. The highest BCUT2D eigenvalue weighted by atomic mass is 19.3. The molecule has 0 aromatic heterocycles. The fourth-order valence-electron chi connectivity index (χ4n) is 1.89. The van der Waals surface area contributed by atoms with Crippen LogP contribution in [0, 0.1) is 0 Å². The van der Waals surface area contributed by atoms with Crippen LogP contribution in [-0.2, 0) is 9.59 Å². The molecule has 0 spiro atoms. The van der Waals surface area contributed by atoms with E-state index in [1.165, 1.54) is 0 Å². The topological polar surface area (TPSA) is 69.6 Å². The highest BCUT2D eigenvalue weighted by molar-refractivity contribution is 5.76. The second kappa shape index (κ2) is 5.72. The molecule has 0 aromatic carbocycles. The van der Waals surface area contributed by atoms with Crippen molar-refractivity contribution >= 4 is 12.4 Å². The molecule has 1 aliphatic heterocycles. The molecular formula is C10H14F4N2O3. The van der Waals surface area contributed by atoms with Gasteiger partial charge < -0.3 is 10.4 Å². The average molecular weight is 286 g/mol. The first-order chi connectivity index (χ1) is 8.69. The molecule has 0 radical (unpaired) electrons. The zero-order valence-electron chi connectivity index (χ0n) is 9.91. The maximum atomic E-state index is 12.9. The zero-order valence-corrected chi connectivity index (χ0v) is 9.91. The number of aliphatic carboxylic acids is 1. The van der Waals surface area contributed by atoms with Gasteiger partial charge in [0.25, 0.3) is 0 Å². The molecule has 19 heavy (non-hydrogen) atoms. The summed E-state index contributed by atoms with van der Waals surface area (Å²) in [5, 5.41) is 10.7. The van der Waals surface area contributed by atoms with Crippen LogP contribution < -0.4 is 5.32 Å². The van der Waals surface area contributed by atoms with Gasteiger partial charge in [0.2, 0.25) is 6.41 Å².